The topological polar surface area (TPSA) is 17.1 Å². The minimum atomic E-state index is 0.253. The fourth-order valence-electron chi connectivity index (χ4n) is 2.52. The normalized spacial score (nSPS) is 25.1. The fraction of sp³-hybridized carbons (Fsp3) is 0.533. The Balaban J connectivity index is 1.94. The molecule has 86 valence electrons. The Labute approximate surface area is 97.9 Å². The molecule has 0 bridgehead atoms. The molecule has 3 atom stereocenters. The minimum Gasteiger partial charge on any atom is -0.299 e. The number of hydrogen-bond acceptors (Lipinski definition) is 1. The van der Waals surface area contributed by atoms with E-state index in [4.69, 9.17) is 0 Å². The quantitative estimate of drug-likeness (QED) is 0.731. The van der Waals surface area contributed by atoms with Gasteiger partial charge in [-0.05, 0) is 24.3 Å². The molecule has 0 radical (unpaired) electrons. The molecule has 0 aromatic heterocycles. The van der Waals surface area contributed by atoms with Crippen LogP contribution >= 0.6 is 0 Å². The van der Waals surface area contributed by atoms with Crippen molar-refractivity contribution >= 4 is 5.78 Å². The van der Waals surface area contributed by atoms with E-state index in [1.807, 2.05) is 6.07 Å². The van der Waals surface area contributed by atoms with E-state index in [0.717, 1.165) is 19.3 Å². The van der Waals surface area contributed by atoms with Crippen LogP contribution < -0.4 is 0 Å². The first-order chi connectivity index (χ1) is 7.74. The third kappa shape index (κ3) is 2.34. The lowest BCUT2D eigenvalue weighted by Crippen LogP contribution is -2.13. The second kappa shape index (κ2) is 4.82. The Bertz CT molecular complexity index is 355. The number of ketones is 1. The van der Waals surface area contributed by atoms with Gasteiger partial charge in [0, 0.05) is 11.8 Å². The van der Waals surface area contributed by atoms with Crippen LogP contribution in [0.3, 0.4) is 0 Å². The average Bonchev–Trinajstić information content (AvgIpc) is 3.09. The van der Waals surface area contributed by atoms with Gasteiger partial charge in [-0.3, -0.25) is 4.79 Å². The van der Waals surface area contributed by atoms with Gasteiger partial charge in [0.25, 0.3) is 0 Å². The van der Waals surface area contributed by atoms with E-state index in [-0.39, 0.29) is 5.92 Å². The molecule has 16 heavy (non-hydrogen) atoms. The molecule has 1 aromatic carbocycles. The Morgan fingerprint density at radius 1 is 1.38 bits per heavy atom. The van der Waals surface area contributed by atoms with E-state index in [1.165, 1.54) is 5.56 Å². The highest BCUT2D eigenvalue weighted by atomic mass is 16.1. The van der Waals surface area contributed by atoms with E-state index in [1.54, 1.807) is 0 Å². The van der Waals surface area contributed by atoms with E-state index in [9.17, 15) is 4.79 Å². The van der Waals surface area contributed by atoms with Crippen molar-refractivity contribution in [3.63, 3.8) is 0 Å². The van der Waals surface area contributed by atoms with Crippen LogP contribution in [-0.2, 0) is 4.79 Å². The largest absolute Gasteiger partial charge is 0.299 e. The van der Waals surface area contributed by atoms with Gasteiger partial charge in [-0.15, -0.1) is 0 Å². The summed E-state index contributed by atoms with van der Waals surface area (Å²) < 4.78 is 0. The molecule has 2 rings (SSSR count). The maximum absolute atomic E-state index is 12.1. The van der Waals surface area contributed by atoms with Crippen LogP contribution in [0.1, 0.15) is 44.6 Å². The zero-order chi connectivity index (χ0) is 11.5. The SMILES string of the molecule is CCCC(C)C(=O)C1CC1c1ccccc1. The molecule has 0 N–H and O–H groups in total. The summed E-state index contributed by atoms with van der Waals surface area (Å²) in [7, 11) is 0. The predicted molar refractivity (Wildman–Crippen MR) is 66.4 cm³/mol. The molecule has 0 amide bonds. The summed E-state index contributed by atoms with van der Waals surface area (Å²) >= 11 is 0. The lowest BCUT2D eigenvalue weighted by molar-refractivity contribution is -0.123. The third-order valence-corrected chi connectivity index (χ3v) is 3.59. The van der Waals surface area contributed by atoms with Gasteiger partial charge in [0.2, 0.25) is 0 Å². The Hall–Kier alpha value is -1.11. The van der Waals surface area contributed by atoms with Gasteiger partial charge in [0.15, 0.2) is 0 Å². The maximum atomic E-state index is 12.1. The maximum Gasteiger partial charge on any atom is 0.139 e. The van der Waals surface area contributed by atoms with Crippen molar-refractivity contribution in [3.8, 4) is 0 Å². The Kier molecular flexibility index (Phi) is 3.42. The summed E-state index contributed by atoms with van der Waals surface area (Å²) in [5, 5.41) is 0. The molecular formula is C15H20O. The van der Waals surface area contributed by atoms with E-state index in [2.05, 4.69) is 38.1 Å². The molecule has 0 spiro atoms. The molecule has 1 saturated carbocycles. The summed E-state index contributed by atoms with van der Waals surface area (Å²) in [6, 6.07) is 10.4. The van der Waals surface area contributed by atoms with Crippen LogP contribution in [0.2, 0.25) is 0 Å². The molecule has 0 heterocycles. The Morgan fingerprint density at radius 3 is 2.69 bits per heavy atom. The average molecular weight is 216 g/mol. The minimum absolute atomic E-state index is 0.253. The van der Waals surface area contributed by atoms with Gasteiger partial charge in [-0.1, -0.05) is 50.6 Å². The van der Waals surface area contributed by atoms with Crippen molar-refractivity contribution < 1.29 is 4.79 Å². The van der Waals surface area contributed by atoms with E-state index < -0.39 is 0 Å². The second-order valence-corrected chi connectivity index (χ2v) is 4.95. The van der Waals surface area contributed by atoms with Crippen molar-refractivity contribution in [2.75, 3.05) is 0 Å². The molecular weight excluding hydrogens is 196 g/mol. The van der Waals surface area contributed by atoms with Crippen LogP contribution in [0.5, 0.6) is 0 Å². The van der Waals surface area contributed by atoms with Crippen LogP contribution in [0.4, 0.5) is 0 Å². The number of carbonyl (C=O) groups is 1. The lowest BCUT2D eigenvalue weighted by Gasteiger charge is -2.08. The predicted octanol–water partition coefficient (Wildman–Crippen LogP) is 3.80. The first-order valence-corrected chi connectivity index (χ1v) is 6.32. The van der Waals surface area contributed by atoms with Gasteiger partial charge in [0.1, 0.15) is 5.78 Å². The monoisotopic (exact) mass is 216 g/mol. The van der Waals surface area contributed by atoms with Crippen molar-refractivity contribution in [2.24, 2.45) is 11.8 Å². The van der Waals surface area contributed by atoms with Crippen LogP contribution in [0.15, 0.2) is 30.3 Å². The number of hydrogen-bond donors (Lipinski definition) is 0. The summed E-state index contributed by atoms with van der Waals surface area (Å²) in [4.78, 5) is 12.1. The van der Waals surface area contributed by atoms with Gasteiger partial charge in [0.05, 0.1) is 0 Å². The first kappa shape index (κ1) is 11.4. The molecule has 3 unspecified atom stereocenters. The molecule has 1 fully saturated rings. The third-order valence-electron chi connectivity index (χ3n) is 3.59. The highest BCUT2D eigenvalue weighted by Crippen LogP contribution is 2.49. The Morgan fingerprint density at radius 2 is 2.06 bits per heavy atom. The zero-order valence-corrected chi connectivity index (χ0v) is 10.1. The van der Waals surface area contributed by atoms with Crippen LogP contribution in [-0.4, -0.2) is 5.78 Å². The van der Waals surface area contributed by atoms with Gasteiger partial charge in [-0.2, -0.15) is 0 Å². The molecule has 1 aliphatic rings. The number of rotatable bonds is 5. The number of benzene rings is 1. The van der Waals surface area contributed by atoms with Crippen molar-refractivity contribution in [1.29, 1.82) is 0 Å². The summed E-state index contributed by atoms with van der Waals surface area (Å²) in [6.45, 7) is 4.22. The molecule has 0 saturated heterocycles. The zero-order valence-electron chi connectivity index (χ0n) is 10.1. The molecule has 0 aliphatic heterocycles. The number of Topliss-reactive ketones (excluding diaryl/α,β-unsaturated/α-hetero) is 1. The molecule has 1 aliphatic carbocycles. The summed E-state index contributed by atoms with van der Waals surface area (Å²) in [5.41, 5.74) is 1.34. The van der Waals surface area contributed by atoms with Crippen molar-refractivity contribution in [2.45, 2.75) is 39.0 Å². The van der Waals surface area contributed by atoms with Crippen molar-refractivity contribution in [1.82, 2.24) is 0 Å². The first-order valence-electron chi connectivity index (χ1n) is 6.32. The second-order valence-electron chi connectivity index (χ2n) is 4.95. The van der Waals surface area contributed by atoms with Gasteiger partial charge < -0.3 is 0 Å². The summed E-state index contributed by atoms with van der Waals surface area (Å²) in [5.74, 6) is 1.55. The number of carbonyl (C=O) groups excluding carboxylic acids is 1. The van der Waals surface area contributed by atoms with Gasteiger partial charge in [-0.25, -0.2) is 0 Å². The standard InChI is InChI=1S/C15H20O/c1-3-7-11(2)15(16)14-10-13(14)12-8-5-4-6-9-12/h4-6,8-9,11,13-14H,3,7,10H2,1-2H3. The summed E-state index contributed by atoms with van der Waals surface area (Å²) in [6.07, 6.45) is 3.21. The highest BCUT2D eigenvalue weighted by molar-refractivity contribution is 5.86. The fourth-order valence-corrected chi connectivity index (χ4v) is 2.52. The van der Waals surface area contributed by atoms with Crippen LogP contribution in [0.25, 0.3) is 0 Å². The van der Waals surface area contributed by atoms with Crippen LogP contribution in [0, 0.1) is 11.8 Å². The molecule has 1 aromatic rings. The molecule has 1 nitrogen and oxygen atoms in total. The van der Waals surface area contributed by atoms with Gasteiger partial charge >= 0.3 is 0 Å². The smallest absolute Gasteiger partial charge is 0.139 e. The lowest BCUT2D eigenvalue weighted by atomic mass is 9.96. The van der Waals surface area contributed by atoms with E-state index in [0.29, 0.717) is 17.6 Å². The van der Waals surface area contributed by atoms with Crippen molar-refractivity contribution in [3.05, 3.63) is 35.9 Å². The highest BCUT2D eigenvalue weighted by Gasteiger charge is 2.44. The van der Waals surface area contributed by atoms with E-state index >= 15 is 0 Å². The molecule has 1 heteroatoms.